The van der Waals surface area contributed by atoms with Crippen molar-refractivity contribution in [3.63, 3.8) is 0 Å². The zero-order chi connectivity index (χ0) is 18.7. The molecule has 1 aliphatic heterocycles. The minimum atomic E-state index is -0.252. The lowest BCUT2D eigenvalue weighted by molar-refractivity contribution is -0.148. The molecule has 1 aromatic rings. The van der Waals surface area contributed by atoms with Crippen molar-refractivity contribution in [1.29, 1.82) is 0 Å². The number of carbonyl (C=O) groups is 2. The number of carbonyl (C=O) groups excluding carboxylic acids is 2. The number of esters is 1. The van der Waals surface area contributed by atoms with Crippen molar-refractivity contribution < 1.29 is 14.3 Å². The Kier molecular flexibility index (Phi) is 5.64. The number of ether oxygens (including phenoxy) is 1. The second-order valence-corrected chi connectivity index (χ2v) is 8.54. The van der Waals surface area contributed by atoms with E-state index in [9.17, 15) is 9.59 Å². The van der Waals surface area contributed by atoms with Gasteiger partial charge in [0.15, 0.2) is 5.78 Å². The van der Waals surface area contributed by atoms with E-state index in [2.05, 4.69) is 20.8 Å². The van der Waals surface area contributed by atoms with Crippen LogP contribution in [-0.4, -0.2) is 11.8 Å². The Morgan fingerprint density at radius 1 is 1.04 bits per heavy atom. The number of rotatable bonds is 6. The number of allylic oxidation sites excluding steroid dienone is 2. The lowest BCUT2D eigenvalue weighted by Gasteiger charge is -2.40. The maximum atomic E-state index is 13.0. The van der Waals surface area contributed by atoms with Crippen LogP contribution in [0.4, 0.5) is 0 Å². The Hall–Kier alpha value is -1.90. The minimum Gasteiger partial charge on any atom is -0.430 e. The number of hydrogen-bond acceptors (Lipinski definition) is 3. The van der Waals surface area contributed by atoms with Crippen LogP contribution in [0.15, 0.2) is 41.7 Å². The van der Waals surface area contributed by atoms with E-state index in [1.807, 2.05) is 30.3 Å². The smallest absolute Gasteiger partial charge is 0.314 e. The first-order valence-corrected chi connectivity index (χ1v) is 9.96. The predicted molar refractivity (Wildman–Crippen MR) is 103 cm³/mol. The third kappa shape index (κ3) is 3.92. The Labute approximate surface area is 156 Å². The largest absolute Gasteiger partial charge is 0.430 e. The van der Waals surface area contributed by atoms with Gasteiger partial charge in [-0.1, -0.05) is 76.8 Å². The second-order valence-electron chi connectivity index (χ2n) is 8.54. The van der Waals surface area contributed by atoms with E-state index < -0.39 is 0 Å². The molecule has 3 heteroatoms. The fourth-order valence-electron chi connectivity index (χ4n) is 4.38. The quantitative estimate of drug-likeness (QED) is 0.496. The molecule has 0 radical (unpaired) electrons. The van der Waals surface area contributed by atoms with Crippen molar-refractivity contribution in [3.05, 3.63) is 47.2 Å². The number of ketones is 1. The standard InChI is InChI=1S/C23H30O3/c1-4-5-6-10-13-17-20(16-11-8-7-9-12-16)21-18(24)14-23(2,3)15-19(21)26-22(17)25/h7-9,11-12,17,20H,4-6,10,13-15H2,1-3H3/t17-,20-/m1/s1. The molecule has 3 rings (SSSR count). The molecule has 140 valence electrons. The van der Waals surface area contributed by atoms with Crippen molar-refractivity contribution >= 4 is 11.8 Å². The number of Topliss-reactive ketones (excluding diaryl/α,β-unsaturated/α-hetero) is 1. The van der Waals surface area contributed by atoms with Crippen LogP contribution in [0.5, 0.6) is 0 Å². The molecule has 1 heterocycles. The van der Waals surface area contributed by atoms with Gasteiger partial charge in [-0.25, -0.2) is 0 Å². The van der Waals surface area contributed by atoms with Gasteiger partial charge in [0.1, 0.15) is 5.76 Å². The average molecular weight is 354 g/mol. The first kappa shape index (κ1) is 18.9. The summed E-state index contributed by atoms with van der Waals surface area (Å²) in [5, 5.41) is 0. The van der Waals surface area contributed by atoms with Crippen molar-refractivity contribution in [1.82, 2.24) is 0 Å². The van der Waals surface area contributed by atoms with E-state index in [1.165, 1.54) is 12.8 Å². The SMILES string of the molecule is CCCCCC[C@H]1C(=O)OC2=C(C(=O)CC(C)(C)C2)[C@@H]1c1ccccc1. The van der Waals surface area contributed by atoms with Crippen LogP contribution < -0.4 is 0 Å². The summed E-state index contributed by atoms with van der Waals surface area (Å²) >= 11 is 0. The van der Waals surface area contributed by atoms with Gasteiger partial charge in [-0.05, 0) is 17.4 Å². The number of benzene rings is 1. The summed E-state index contributed by atoms with van der Waals surface area (Å²) in [7, 11) is 0. The van der Waals surface area contributed by atoms with Crippen LogP contribution in [0.3, 0.4) is 0 Å². The third-order valence-electron chi connectivity index (χ3n) is 5.65. The van der Waals surface area contributed by atoms with Crippen LogP contribution in [0, 0.1) is 11.3 Å². The van der Waals surface area contributed by atoms with Crippen molar-refractivity contribution in [2.75, 3.05) is 0 Å². The summed E-state index contributed by atoms with van der Waals surface area (Å²) in [6, 6.07) is 10.0. The molecule has 0 unspecified atom stereocenters. The first-order valence-electron chi connectivity index (χ1n) is 9.96. The van der Waals surface area contributed by atoms with Gasteiger partial charge in [0.2, 0.25) is 0 Å². The molecule has 0 amide bonds. The van der Waals surface area contributed by atoms with Gasteiger partial charge in [0, 0.05) is 24.3 Å². The number of hydrogen-bond donors (Lipinski definition) is 0. The van der Waals surface area contributed by atoms with E-state index >= 15 is 0 Å². The summed E-state index contributed by atoms with van der Waals surface area (Å²) in [4.78, 5) is 25.9. The fourth-order valence-corrected chi connectivity index (χ4v) is 4.38. The monoisotopic (exact) mass is 354 g/mol. The topological polar surface area (TPSA) is 43.4 Å². The highest BCUT2D eigenvalue weighted by Gasteiger charge is 2.46. The molecule has 0 fully saturated rings. The van der Waals surface area contributed by atoms with E-state index in [0.29, 0.717) is 18.6 Å². The van der Waals surface area contributed by atoms with Crippen LogP contribution in [0.1, 0.15) is 77.2 Å². The Balaban J connectivity index is 1.97. The van der Waals surface area contributed by atoms with Gasteiger partial charge in [-0.3, -0.25) is 9.59 Å². The zero-order valence-corrected chi connectivity index (χ0v) is 16.2. The highest BCUT2D eigenvalue weighted by atomic mass is 16.5. The maximum Gasteiger partial charge on any atom is 0.314 e. The molecule has 1 aromatic carbocycles. The minimum absolute atomic E-state index is 0.147. The van der Waals surface area contributed by atoms with Crippen molar-refractivity contribution in [2.24, 2.45) is 11.3 Å². The average Bonchev–Trinajstić information content (AvgIpc) is 2.58. The predicted octanol–water partition coefficient (Wildman–Crippen LogP) is 5.56. The molecule has 2 aliphatic rings. The highest BCUT2D eigenvalue weighted by molar-refractivity contribution is 6.01. The van der Waals surface area contributed by atoms with Crippen molar-refractivity contribution in [2.45, 2.75) is 71.6 Å². The summed E-state index contributed by atoms with van der Waals surface area (Å²) in [6.45, 7) is 6.31. The van der Waals surface area contributed by atoms with E-state index in [1.54, 1.807) is 0 Å². The lowest BCUT2D eigenvalue weighted by atomic mass is 9.67. The molecule has 0 bridgehead atoms. The molecule has 0 saturated heterocycles. The third-order valence-corrected chi connectivity index (χ3v) is 5.65. The zero-order valence-electron chi connectivity index (χ0n) is 16.2. The molecule has 2 atom stereocenters. The van der Waals surface area contributed by atoms with Crippen LogP contribution in [-0.2, 0) is 14.3 Å². The normalized spacial score (nSPS) is 25.0. The summed E-state index contributed by atoms with van der Waals surface area (Å²) < 4.78 is 5.74. The molecule has 26 heavy (non-hydrogen) atoms. The first-order chi connectivity index (χ1) is 12.4. The van der Waals surface area contributed by atoms with Crippen LogP contribution in [0.2, 0.25) is 0 Å². The molecule has 3 nitrogen and oxygen atoms in total. The molecule has 1 aliphatic carbocycles. The molecular weight excluding hydrogens is 324 g/mol. The molecule has 0 saturated carbocycles. The fraction of sp³-hybridized carbons (Fsp3) is 0.565. The van der Waals surface area contributed by atoms with Gasteiger partial charge >= 0.3 is 5.97 Å². The Bertz CT molecular complexity index is 699. The van der Waals surface area contributed by atoms with Crippen molar-refractivity contribution in [3.8, 4) is 0 Å². The maximum absolute atomic E-state index is 13.0. The van der Waals surface area contributed by atoms with Gasteiger partial charge < -0.3 is 4.74 Å². The van der Waals surface area contributed by atoms with E-state index in [-0.39, 0.29) is 29.0 Å². The Morgan fingerprint density at radius 3 is 2.46 bits per heavy atom. The molecule has 0 spiro atoms. The van der Waals surface area contributed by atoms with Gasteiger partial charge in [0.05, 0.1) is 5.92 Å². The van der Waals surface area contributed by atoms with Crippen LogP contribution in [0.25, 0.3) is 0 Å². The van der Waals surface area contributed by atoms with Gasteiger partial charge in [-0.2, -0.15) is 0 Å². The molecular formula is C23H30O3. The Morgan fingerprint density at radius 2 is 1.77 bits per heavy atom. The van der Waals surface area contributed by atoms with Gasteiger partial charge in [0.25, 0.3) is 0 Å². The van der Waals surface area contributed by atoms with Gasteiger partial charge in [-0.15, -0.1) is 0 Å². The van der Waals surface area contributed by atoms with E-state index in [0.717, 1.165) is 30.4 Å². The lowest BCUT2D eigenvalue weighted by Crippen LogP contribution is -2.39. The highest BCUT2D eigenvalue weighted by Crippen LogP contribution is 2.48. The molecule has 0 aromatic heterocycles. The van der Waals surface area contributed by atoms with E-state index in [4.69, 9.17) is 4.74 Å². The number of unbranched alkanes of at least 4 members (excludes halogenated alkanes) is 3. The van der Waals surface area contributed by atoms with Crippen LogP contribution >= 0.6 is 0 Å². The summed E-state index contributed by atoms with van der Waals surface area (Å²) in [6.07, 6.45) is 6.43. The molecule has 0 N–H and O–H groups in total. The second kappa shape index (κ2) is 7.77. The summed E-state index contributed by atoms with van der Waals surface area (Å²) in [5.41, 5.74) is 1.67. The summed E-state index contributed by atoms with van der Waals surface area (Å²) in [5.74, 6) is 0.210.